The Kier molecular flexibility index (Phi) is 6.72. The minimum atomic E-state index is -3.65. The molecule has 0 aliphatic carbocycles. The van der Waals surface area contributed by atoms with Crippen molar-refractivity contribution in [2.45, 2.75) is 18.4 Å². The number of ether oxygens (including phenoxy) is 1. The van der Waals surface area contributed by atoms with Crippen LogP contribution in [0.15, 0.2) is 53.4 Å². The van der Waals surface area contributed by atoms with E-state index in [1.54, 1.807) is 23.1 Å². The largest absolute Gasteiger partial charge is 0.379 e. The second-order valence-electron chi connectivity index (χ2n) is 6.46. The van der Waals surface area contributed by atoms with E-state index in [-0.39, 0.29) is 10.8 Å². The molecule has 0 N–H and O–H groups in total. The van der Waals surface area contributed by atoms with Gasteiger partial charge in [-0.25, -0.2) is 8.42 Å². The minimum absolute atomic E-state index is 0.119. The van der Waals surface area contributed by atoms with Crippen molar-refractivity contribution in [1.82, 2.24) is 9.21 Å². The van der Waals surface area contributed by atoms with E-state index in [0.29, 0.717) is 50.0 Å². The Morgan fingerprint density at radius 3 is 2.54 bits per heavy atom. The maximum absolute atomic E-state index is 13.0. The summed E-state index contributed by atoms with van der Waals surface area (Å²) < 4.78 is 32.3. The average Bonchev–Trinajstić information content (AvgIpc) is 2.73. The third kappa shape index (κ3) is 4.55. The number of amides is 1. The van der Waals surface area contributed by atoms with E-state index >= 15 is 0 Å². The Labute approximate surface area is 170 Å². The Balaban J connectivity index is 1.83. The molecule has 0 spiro atoms. The molecule has 1 fully saturated rings. The second-order valence-corrected chi connectivity index (χ2v) is 8.80. The lowest BCUT2D eigenvalue weighted by Gasteiger charge is -2.26. The average molecular weight is 423 g/mol. The fourth-order valence-corrected chi connectivity index (χ4v) is 4.72. The number of rotatable bonds is 6. The first kappa shape index (κ1) is 20.8. The molecule has 2 aromatic rings. The number of morpholine rings is 1. The zero-order valence-corrected chi connectivity index (χ0v) is 17.2. The summed E-state index contributed by atoms with van der Waals surface area (Å²) in [5.41, 5.74) is 1.18. The van der Waals surface area contributed by atoms with Crippen molar-refractivity contribution in [2.24, 2.45) is 0 Å². The minimum Gasteiger partial charge on any atom is -0.379 e. The molecule has 6 nitrogen and oxygen atoms in total. The van der Waals surface area contributed by atoms with Crippen LogP contribution in [-0.2, 0) is 21.3 Å². The van der Waals surface area contributed by atoms with Crippen LogP contribution in [0, 0.1) is 0 Å². The van der Waals surface area contributed by atoms with Crippen molar-refractivity contribution < 1.29 is 17.9 Å². The molecule has 1 amide bonds. The summed E-state index contributed by atoms with van der Waals surface area (Å²) >= 11 is 6.21. The highest BCUT2D eigenvalue weighted by molar-refractivity contribution is 7.89. The fraction of sp³-hybridized carbons (Fsp3) is 0.350. The third-order valence-corrected chi connectivity index (χ3v) is 6.94. The normalized spacial score (nSPS) is 15.4. The van der Waals surface area contributed by atoms with Gasteiger partial charge >= 0.3 is 0 Å². The van der Waals surface area contributed by atoms with E-state index in [0.717, 1.165) is 5.56 Å². The van der Waals surface area contributed by atoms with Crippen LogP contribution in [0.2, 0.25) is 5.02 Å². The van der Waals surface area contributed by atoms with Crippen LogP contribution in [0.1, 0.15) is 22.8 Å². The first-order valence-electron chi connectivity index (χ1n) is 9.14. The fourth-order valence-electron chi connectivity index (χ4n) is 3.07. The van der Waals surface area contributed by atoms with E-state index < -0.39 is 10.0 Å². The molecule has 0 bridgehead atoms. The number of nitrogens with zero attached hydrogens (tertiary/aromatic N) is 2. The van der Waals surface area contributed by atoms with E-state index in [4.69, 9.17) is 16.3 Å². The number of hydrogen-bond donors (Lipinski definition) is 0. The summed E-state index contributed by atoms with van der Waals surface area (Å²) in [5, 5.41) is 0.595. The quantitative estimate of drug-likeness (QED) is 0.717. The van der Waals surface area contributed by atoms with Crippen molar-refractivity contribution in [3.05, 3.63) is 64.7 Å². The van der Waals surface area contributed by atoms with E-state index in [9.17, 15) is 13.2 Å². The van der Waals surface area contributed by atoms with Crippen LogP contribution in [0.25, 0.3) is 0 Å². The van der Waals surface area contributed by atoms with Gasteiger partial charge in [-0.15, -0.1) is 0 Å². The molecule has 1 aliphatic heterocycles. The SMILES string of the molecule is CCN(Cc1ccccc1Cl)C(=O)c1cccc(S(=O)(=O)N2CCOCC2)c1. The molecule has 1 saturated heterocycles. The summed E-state index contributed by atoms with van der Waals surface area (Å²) in [7, 11) is -3.65. The molecule has 8 heteroatoms. The standard InChI is InChI=1S/C20H23ClN2O4S/c1-2-22(15-17-6-3-4-9-19(17)21)20(24)16-7-5-8-18(14-16)28(25,26)23-10-12-27-13-11-23/h3-9,14H,2,10-13,15H2,1H3. The molecule has 2 aromatic carbocycles. The summed E-state index contributed by atoms with van der Waals surface area (Å²) in [4.78, 5) is 14.8. The van der Waals surface area contributed by atoms with Crippen LogP contribution < -0.4 is 0 Å². The molecule has 28 heavy (non-hydrogen) atoms. The van der Waals surface area contributed by atoms with Crippen LogP contribution in [0.5, 0.6) is 0 Å². The number of halogens is 1. The summed E-state index contributed by atoms with van der Waals surface area (Å²) in [6.45, 7) is 4.09. The predicted molar refractivity (Wildman–Crippen MR) is 108 cm³/mol. The monoisotopic (exact) mass is 422 g/mol. The zero-order chi connectivity index (χ0) is 20.1. The lowest BCUT2D eigenvalue weighted by molar-refractivity contribution is 0.0729. The maximum Gasteiger partial charge on any atom is 0.254 e. The van der Waals surface area contributed by atoms with Gasteiger partial charge < -0.3 is 9.64 Å². The summed E-state index contributed by atoms with van der Waals surface area (Å²) in [6, 6.07) is 13.6. The highest BCUT2D eigenvalue weighted by Gasteiger charge is 2.27. The van der Waals surface area contributed by atoms with E-state index in [1.165, 1.54) is 16.4 Å². The molecule has 1 heterocycles. The van der Waals surface area contributed by atoms with Gasteiger partial charge in [-0.3, -0.25) is 4.79 Å². The van der Waals surface area contributed by atoms with Gasteiger partial charge in [-0.05, 0) is 36.8 Å². The predicted octanol–water partition coefficient (Wildman–Crippen LogP) is 3.02. The molecule has 0 saturated carbocycles. The first-order chi connectivity index (χ1) is 13.4. The molecule has 0 aromatic heterocycles. The second kappa shape index (κ2) is 9.05. The molecular weight excluding hydrogens is 400 g/mol. The maximum atomic E-state index is 13.0. The highest BCUT2D eigenvalue weighted by atomic mass is 35.5. The number of carbonyl (C=O) groups excluding carboxylic acids is 1. The van der Waals surface area contributed by atoms with Crippen LogP contribution in [-0.4, -0.2) is 56.4 Å². The highest BCUT2D eigenvalue weighted by Crippen LogP contribution is 2.21. The topological polar surface area (TPSA) is 66.9 Å². The number of benzene rings is 2. The molecule has 3 rings (SSSR count). The summed E-state index contributed by atoms with van der Waals surface area (Å²) in [5.74, 6) is -0.235. The van der Waals surface area contributed by atoms with Gasteiger partial charge in [-0.2, -0.15) is 4.31 Å². The number of sulfonamides is 1. The van der Waals surface area contributed by atoms with Gasteiger partial charge in [0.1, 0.15) is 0 Å². The lowest BCUT2D eigenvalue weighted by atomic mass is 10.1. The first-order valence-corrected chi connectivity index (χ1v) is 11.0. The molecule has 150 valence electrons. The smallest absolute Gasteiger partial charge is 0.254 e. The van der Waals surface area contributed by atoms with Gasteiger partial charge in [0, 0.05) is 36.8 Å². The molecular formula is C20H23ClN2O4S. The Bertz CT molecular complexity index is 943. The van der Waals surface area contributed by atoms with E-state index in [1.807, 2.05) is 25.1 Å². The molecule has 1 aliphatic rings. The Morgan fingerprint density at radius 2 is 1.86 bits per heavy atom. The van der Waals surface area contributed by atoms with Crippen molar-refractivity contribution in [1.29, 1.82) is 0 Å². The third-order valence-electron chi connectivity index (χ3n) is 4.68. The van der Waals surface area contributed by atoms with E-state index in [2.05, 4.69) is 0 Å². The number of hydrogen-bond acceptors (Lipinski definition) is 4. The lowest BCUT2D eigenvalue weighted by Crippen LogP contribution is -2.40. The van der Waals surface area contributed by atoms with Gasteiger partial charge in [0.05, 0.1) is 18.1 Å². The van der Waals surface area contributed by atoms with Crippen molar-refractivity contribution >= 4 is 27.5 Å². The van der Waals surface area contributed by atoms with Gasteiger partial charge in [0.15, 0.2) is 0 Å². The Hall–Kier alpha value is -1.93. The Morgan fingerprint density at radius 1 is 1.14 bits per heavy atom. The zero-order valence-electron chi connectivity index (χ0n) is 15.7. The van der Waals surface area contributed by atoms with Crippen molar-refractivity contribution in [2.75, 3.05) is 32.8 Å². The van der Waals surface area contributed by atoms with Crippen LogP contribution in [0.4, 0.5) is 0 Å². The number of carbonyl (C=O) groups is 1. The molecule has 0 atom stereocenters. The van der Waals surface area contributed by atoms with Gasteiger partial charge in [-0.1, -0.05) is 35.9 Å². The molecule has 0 radical (unpaired) electrons. The van der Waals surface area contributed by atoms with Crippen LogP contribution in [0.3, 0.4) is 0 Å². The van der Waals surface area contributed by atoms with Gasteiger partial charge in [0.25, 0.3) is 5.91 Å². The van der Waals surface area contributed by atoms with Crippen molar-refractivity contribution in [3.63, 3.8) is 0 Å². The van der Waals surface area contributed by atoms with Crippen LogP contribution >= 0.6 is 11.6 Å². The summed E-state index contributed by atoms with van der Waals surface area (Å²) in [6.07, 6.45) is 0. The van der Waals surface area contributed by atoms with Crippen molar-refractivity contribution in [3.8, 4) is 0 Å². The molecule has 0 unspecified atom stereocenters. The van der Waals surface area contributed by atoms with Gasteiger partial charge in [0.2, 0.25) is 10.0 Å².